The number of phenols is 1. The highest BCUT2D eigenvalue weighted by Gasteiger charge is 2.35. The van der Waals surface area contributed by atoms with Crippen molar-refractivity contribution in [1.82, 2.24) is 4.90 Å². The SMILES string of the molecule is C#C.C#C.CC.CCOc1ccccc1O.O=C1OCCN2COCC12.c1ccc2c(c1)OCCO2. The molecule has 0 bridgehead atoms. The van der Waals surface area contributed by atoms with Crippen LogP contribution in [-0.2, 0) is 14.3 Å². The van der Waals surface area contributed by atoms with Crippen molar-refractivity contribution in [3.05, 3.63) is 48.5 Å². The average molecular weight is 500 g/mol. The number of fused-ring (bicyclic) bond motifs is 2. The lowest BCUT2D eigenvalue weighted by Crippen LogP contribution is -2.45. The Kier molecular flexibility index (Phi) is 18.3. The maximum absolute atomic E-state index is 10.9. The number of ether oxygens (including phenoxy) is 5. The van der Waals surface area contributed by atoms with Gasteiger partial charge in [0.25, 0.3) is 0 Å². The molecule has 8 heteroatoms. The Morgan fingerprint density at radius 2 is 1.47 bits per heavy atom. The lowest BCUT2D eigenvalue weighted by Gasteiger charge is -2.25. The highest BCUT2D eigenvalue weighted by Crippen LogP contribution is 2.28. The molecule has 2 fully saturated rings. The number of benzene rings is 2. The van der Waals surface area contributed by atoms with Crippen LogP contribution in [-0.4, -0.2) is 68.3 Å². The highest BCUT2D eigenvalue weighted by atomic mass is 16.6. The van der Waals surface area contributed by atoms with Gasteiger partial charge in [0.15, 0.2) is 23.0 Å². The number of esters is 1. The molecule has 2 aromatic carbocycles. The lowest BCUT2D eigenvalue weighted by molar-refractivity contribution is -0.154. The molecule has 0 spiro atoms. The summed E-state index contributed by atoms with van der Waals surface area (Å²) in [5, 5.41) is 9.12. The summed E-state index contributed by atoms with van der Waals surface area (Å²) in [6.45, 7) is 10.2. The van der Waals surface area contributed by atoms with E-state index in [4.69, 9.17) is 28.8 Å². The molecule has 3 heterocycles. The van der Waals surface area contributed by atoms with Crippen molar-refractivity contribution < 1.29 is 33.6 Å². The van der Waals surface area contributed by atoms with Crippen LogP contribution in [0.1, 0.15) is 20.8 Å². The predicted molar refractivity (Wildman–Crippen MR) is 140 cm³/mol. The number of aromatic hydroxyl groups is 1. The van der Waals surface area contributed by atoms with Gasteiger partial charge in [0.05, 0.1) is 19.9 Å². The summed E-state index contributed by atoms with van der Waals surface area (Å²) in [5.41, 5.74) is 0. The third kappa shape index (κ3) is 11.1. The Labute approximate surface area is 215 Å². The number of carbonyl (C=O) groups excluding carboxylic acids is 1. The zero-order valence-electron chi connectivity index (χ0n) is 21.3. The average Bonchev–Trinajstić information content (AvgIpc) is 3.45. The van der Waals surface area contributed by atoms with E-state index in [1.165, 1.54) is 0 Å². The van der Waals surface area contributed by atoms with Crippen molar-refractivity contribution in [2.45, 2.75) is 26.8 Å². The van der Waals surface area contributed by atoms with Crippen molar-refractivity contribution in [3.63, 3.8) is 0 Å². The first kappa shape index (κ1) is 32.1. The van der Waals surface area contributed by atoms with Crippen molar-refractivity contribution in [3.8, 4) is 48.7 Å². The first-order chi connectivity index (χ1) is 17.7. The zero-order chi connectivity index (χ0) is 27.2. The predicted octanol–water partition coefficient (Wildman–Crippen LogP) is 3.98. The van der Waals surface area contributed by atoms with E-state index < -0.39 is 0 Å². The number of terminal acetylenes is 2. The largest absolute Gasteiger partial charge is 0.504 e. The molecule has 0 amide bonds. The third-order valence-corrected chi connectivity index (χ3v) is 4.48. The van der Waals surface area contributed by atoms with Crippen LogP contribution >= 0.6 is 0 Å². The summed E-state index contributed by atoms with van der Waals surface area (Å²) in [6.07, 6.45) is 16.0. The van der Waals surface area contributed by atoms with Crippen LogP contribution in [0.25, 0.3) is 0 Å². The first-order valence-electron chi connectivity index (χ1n) is 11.6. The van der Waals surface area contributed by atoms with Gasteiger partial charge >= 0.3 is 5.97 Å². The molecule has 0 saturated carbocycles. The van der Waals surface area contributed by atoms with Crippen molar-refractivity contribution in [1.29, 1.82) is 0 Å². The van der Waals surface area contributed by atoms with Gasteiger partial charge in [-0.2, -0.15) is 0 Å². The number of morpholine rings is 1. The number of hydrogen-bond donors (Lipinski definition) is 1. The van der Waals surface area contributed by atoms with E-state index in [0.717, 1.165) is 18.0 Å². The van der Waals surface area contributed by atoms with Crippen molar-refractivity contribution >= 4 is 5.97 Å². The molecule has 2 aromatic rings. The minimum absolute atomic E-state index is 0.117. The highest BCUT2D eigenvalue weighted by molar-refractivity contribution is 5.76. The van der Waals surface area contributed by atoms with Crippen LogP contribution in [0.2, 0.25) is 0 Å². The molecule has 1 unspecified atom stereocenters. The maximum atomic E-state index is 10.9. The summed E-state index contributed by atoms with van der Waals surface area (Å²) in [6, 6.07) is 14.5. The van der Waals surface area contributed by atoms with Gasteiger partial charge in [-0.1, -0.05) is 38.1 Å². The second-order valence-electron chi connectivity index (χ2n) is 6.54. The number of rotatable bonds is 2. The second kappa shape index (κ2) is 20.5. The molecule has 5 rings (SSSR count). The van der Waals surface area contributed by atoms with E-state index in [1.807, 2.05) is 56.0 Å². The Balaban J connectivity index is 0.000000462. The molecule has 0 radical (unpaired) electrons. The Hall–Kier alpha value is -3.85. The molecule has 3 aliphatic heterocycles. The fourth-order valence-electron chi connectivity index (χ4n) is 3.00. The molecule has 8 nitrogen and oxygen atoms in total. The van der Waals surface area contributed by atoms with Gasteiger partial charge in [0, 0.05) is 6.54 Å². The van der Waals surface area contributed by atoms with Crippen LogP contribution in [0.3, 0.4) is 0 Å². The van der Waals surface area contributed by atoms with Crippen molar-refractivity contribution in [2.75, 3.05) is 46.3 Å². The van der Waals surface area contributed by atoms with E-state index >= 15 is 0 Å². The quantitative estimate of drug-likeness (QED) is 0.491. The van der Waals surface area contributed by atoms with Crippen LogP contribution in [0.15, 0.2) is 48.5 Å². The summed E-state index contributed by atoms with van der Waals surface area (Å²) >= 11 is 0. The van der Waals surface area contributed by atoms with Crippen molar-refractivity contribution in [2.24, 2.45) is 0 Å². The minimum atomic E-state index is -0.135. The molecule has 0 aromatic heterocycles. The Morgan fingerprint density at radius 1 is 0.917 bits per heavy atom. The molecule has 1 atom stereocenters. The Morgan fingerprint density at radius 3 is 2.00 bits per heavy atom. The number of hydrogen-bond acceptors (Lipinski definition) is 8. The number of phenolic OH excluding ortho intramolecular Hbond substituents is 1. The second-order valence-corrected chi connectivity index (χ2v) is 6.54. The van der Waals surface area contributed by atoms with Gasteiger partial charge in [-0.05, 0) is 31.2 Å². The summed E-state index contributed by atoms with van der Waals surface area (Å²) in [7, 11) is 0. The fourth-order valence-corrected chi connectivity index (χ4v) is 3.00. The van der Waals surface area contributed by atoms with E-state index in [1.54, 1.807) is 18.2 Å². The van der Waals surface area contributed by atoms with Gasteiger partial charge in [0.1, 0.15) is 25.9 Å². The monoisotopic (exact) mass is 499 g/mol. The summed E-state index contributed by atoms with van der Waals surface area (Å²) in [4.78, 5) is 12.9. The van der Waals surface area contributed by atoms with Gasteiger partial charge in [0.2, 0.25) is 0 Å². The fraction of sp³-hybridized carbons (Fsp3) is 0.393. The van der Waals surface area contributed by atoms with Gasteiger partial charge in [-0.3, -0.25) is 9.69 Å². The van der Waals surface area contributed by atoms with Crippen LogP contribution < -0.4 is 14.2 Å². The lowest BCUT2D eigenvalue weighted by atomic mass is 10.3. The summed E-state index contributed by atoms with van der Waals surface area (Å²) in [5.74, 6) is 2.32. The topological polar surface area (TPSA) is 86.7 Å². The number of cyclic esters (lactones) is 1. The molecule has 3 aliphatic rings. The molecule has 36 heavy (non-hydrogen) atoms. The third-order valence-electron chi connectivity index (χ3n) is 4.48. The molecule has 1 N–H and O–H groups in total. The van der Waals surface area contributed by atoms with E-state index in [-0.39, 0.29) is 17.8 Å². The van der Waals surface area contributed by atoms with Gasteiger partial charge in [-0.15, -0.1) is 25.7 Å². The smallest absolute Gasteiger partial charge is 0.325 e. The van der Waals surface area contributed by atoms with Gasteiger partial charge < -0.3 is 28.8 Å². The zero-order valence-corrected chi connectivity index (χ0v) is 21.3. The maximum Gasteiger partial charge on any atom is 0.325 e. The number of carbonyl (C=O) groups is 1. The van der Waals surface area contributed by atoms with Crippen LogP contribution in [0.5, 0.6) is 23.0 Å². The molecule has 0 aliphatic carbocycles. The van der Waals surface area contributed by atoms with E-state index in [9.17, 15) is 4.79 Å². The number of nitrogens with zero attached hydrogens (tertiary/aromatic N) is 1. The minimum Gasteiger partial charge on any atom is -0.504 e. The molecular weight excluding hydrogens is 462 g/mol. The van der Waals surface area contributed by atoms with Crippen LogP contribution in [0, 0.1) is 25.7 Å². The molecular formula is C28H37NO7. The molecule has 2 saturated heterocycles. The normalized spacial score (nSPS) is 16.3. The Bertz CT molecular complexity index is 866. The standard InChI is InChI=1S/C8H8O2.C8H10O2.C6H9NO3.C2H6.2C2H2/c1-2-4-8-7(3-1)9-5-6-10-8;1-2-10-8-6-4-3-5-7(8)9;8-6-5-3-9-4-7(5)1-2-10-6;3*1-2/h1-4H,5-6H2;3-6,9H,2H2,1H3;5H,1-4H2;1-2H3;2*1-2H. The first-order valence-corrected chi connectivity index (χ1v) is 11.6. The molecule has 196 valence electrons. The van der Waals surface area contributed by atoms with E-state index in [2.05, 4.69) is 25.7 Å². The summed E-state index contributed by atoms with van der Waals surface area (Å²) < 4.78 is 25.6. The van der Waals surface area contributed by atoms with Gasteiger partial charge in [-0.25, -0.2) is 0 Å². The number of para-hydroxylation sites is 4. The van der Waals surface area contributed by atoms with E-state index in [0.29, 0.717) is 45.5 Å². The van der Waals surface area contributed by atoms with Crippen LogP contribution in [0.4, 0.5) is 0 Å².